The highest BCUT2D eigenvalue weighted by Crippen LogP contribution is 2.43. The Morgan fingerprint density at radius 3 is 1.11 bits per heavy atom. The predicted octanol–water partition coefficient (Wildman–Crippen LogP) is 19.6. The summed E-state index contributed by atoms with van der Waals surface area (Å²) in [6, 6.07) is 0. The van der Waals surface area contributed by atoms with Crippen molar-refractivity contribution in [2.24, 2.45) is 5.73 Å². The van der Waals surface area contributed by atoms with Crippen molar-refractivity contribution in [2.45, 2.75) is 277 Å². The second kappa shape index (κ2) is 60.2. The highest BCUT2D eigenvalue weighted by atomic mass is 31.2. The van der Waals surface area contributed by atoms with Crippen LogP contribution in [0.4, 0.5) is 0 Å². The number of unbranched alkanes of at least 4 members (excludes halogenated alkanes) is 28. The zero-order chi connectivity index (χ0) is 54.5. The first-order valence-corrected chi connectivity index (χ1v) is 32.2. The summed E-state index contributed by atoms with van der Waals surface area (Å²) in [4.78, 5) is 35.2. The van der Waals surface area contributed by atoms with Gasteiger partial charge in [0.1, 0.15) is 6.61 Å². The standard InChI is InChI=1S/C65H114NO8P/c1-3-5-7-9-11-13-15-17-19-21-22-23-24-25-26-27-28-29-30-31-32-33-34-35-36-37-38-39-40-42-44-46-48-50-52-54-56-58-65(68)74-63(62-73-75(69,70)72-60-59-66)61-71-64(67)57-55-53-51-49-47-45-43-41-20-18-16-14-12-10-8-6-4-2/h5,7,11,13,17-20,22-23,25-26,28-29,31-32,63H,3-4,6,8-10,12,14-16,21,24,27,30,33-62,66H2,1-2H3,(H,69,70)/b7-5-,13-11-,19-17-,20-18-,23-22-,26-25-,29-28-,32-31-. The molecule has 0 bridgehead atoms. The van der Waals surface area contributed by atoms with Crippen LogP contribution in [0.1, 0.15) is 271 Å². The van der Waals surface area contributed by atoms with E-state index >= 15 is 0 Å². The molecule has 0 radical (unpaired) electrons. The highest BCUT2D eigenvalue weighted by molar-refractivity contribution is 7.47. The fourth-order valence-corrected chi connectivity index (χ4v) is 9.20. The number of rotatable bonds is 57. The van der Waals surface area contributed by atoms with E-state index in [0.717, 1.165) is 96.3 Å². The molecule has 0 fully saturated rings. The summed E-state index contributed by atoms with van der Waals surface area (Å²) >= 11 is 0. The van der Waals surface area contributed by atoms with E-state index in [-0.39, 0.29) is 38.6 Å². The number of ether oxygens (including phenoxy) is 2. The lowest BCUT2D eigenvalue weighted by molar-refractivity contribution is -0.161. The Bertz CT molecular complexity index is 1550. The zero-order valence-corrected chi connectivity index (χ0v) is 49.2. The van der Waals surface area contributed by atoms with Crippen LogP contribution >= 0.6 is 7.82 Å². The maximum absolute atomic E-state index is 12.7. The normalized spacial score (nSPS) is 13.7. The summed E-state index contributed by atoms with van der Waals surface area (Å²) in [6.45, 7) is 3.64. The van der Waals surface area contributed by atoms with Gasteiger partial charge in [-0.1, -0.05) is 259 Å². The van der Waals surface area contributed by atoms with Gasteiger partial charge in [0, 0.05) is 19.4 Å². The number of esters is 2. The van der Waals surface area contributed by atoms with Gasteiger partial charge in [-0.15, -0.1) is 0 Å². The van der Waals surface area contributed by atoms with E-state index in [1.165, 1.54) is 141 Å². The molecule has 0 aromatic carbocycles. The smallest absolute Gasteiger partial charge is 0.462 e. The van der Waals surface area contributed by atoms with E-state index in [1.54, 1.807) is 0 Å². The first kappa shape index (κ1) is 71.9. The number of hydrogen-bond donors (Lipinski definition) is 2. The number of nitrogens with two attached hydrogens (primary N) is 1. The SMILES string of the molecule is CC/C=C\C/C=C\C/C=C\C/C=C\C/C=C\C/C=C\C/C=C\CCCCCCCCCCCCCCCCCC(=O)OC(COC(=O)CCCCCCCCC/C=C\CCCCCCCC)COP(=O)(O)OCCN. The summed E-state index contributed by atoms with van der Waals surface area (Å²) in [7, 11) is -4.39. The molecular formula is C65H114NO8P. The summed E-state index contributed by atoms with van der Waals surface area (Å²) in [5, 5.41) is 0. The molecule has 0 amide bonds. The van der Waals surface area contributed by atoms with E-state index in [4.69, 9.17) is 24.3 Å². The van der Waals surface area contributed by atoms with Crippen LogP contribution in [0.2, 0.25) is 0 Å². The molecule has 0 aromatic heterocycles. The van der Waals surface area contributed by atoms with Crippen molar-refractivity contribution in [1.29, 1.82) is 0 Å². The third-order valence-electron chi connectivity index (χ3n) is 13.0. The monoisotopic (exact) mass is 1070 g/mol. The van der Waals surface area contributed by atoms with Gasteiger partial charge in [0.15, 0.2) is 6.10 Å². The van der Waals surface area contributed by atoms with E-state index < -0.39 is 26.5 Å². The maximum atomic E-state index is 12.7. The minimum Gasteiger partial charge on any atom is -0.462 e. The number of carbonyl (C=O) groups excluding carboxylic acids is 2. The van der Waals surface area contributed by atoms with Crippen molar-refractivity contribution in [2.75, 3.05) is 26.4 Å². The van der Waals surface area contributed by atoms with Crippen LogP contribution in [-0.4, -0.2) is 49.3 Å². The molecule has 3 N–H and O–H groups in total. The third kappa shape index (κ3) is 60.0. The van der Waals surface area contributed by atoms with Crippen molar-refractivity contribution < 1.29 is 37.6 Å². The van der Waals surface area contributed by atoms with Gasteiger partial charge in [0.25, 0.3) is 0 Å². The molecule has 10 heteroatoms. The minimum absolute atomic E-state index is 0.0505. The zero-order valence-electron chi connectivity index (χ0n) is 48.3. The van der Waals surface area contributed by atoms with Gasteiger partial charge in [-0.25, -0.2) is 4.57 Å². The van der Waals surface area contributed by atoms with Crippen molar-refractivity contribution >= 4 is 19.8 Å². The molecule has 0 aliphatic heterocycles. The Hall–Kier alpha value is -3.07. The van der Waals surface area contributed by atoms with Gasteiger partial charge in [0.2, 0.25) is 0 Å². The van der Waals surface area contributed by atoms with Gasteiger partial charge in [-0.3, -0.25) is 18.6 Å². The van der Waals surface area contributed by atoms with Crippen LogP contribution in [0.5, 0.6) is 0 Å². The van der Waals surface area contributed by atoms with Crippen molar-refractivity contribution in [1.82, 2.24) is 0 Å². The number of phosphoric acid groups is 1. The fourth-order valence-electron chi connectivity index (χ4n) is 8.44. The summed E-state index contributed by atoms with van der Waals surface area (Å²) in [5.41, 5.74) is 5.38. The second-order valence-electron chi connectivity index (χ2n) is 20.2. The summed E-state index contributed by atoms with van der Waals surface area (Å²) in [5.74, 6) is -0.829. The molecule has 432 valence electrons. The molecule has 0 heterocycles. The number of hydrogen-bond acceptors (Lipinski definition) is 8. The highest BCUT2D eigenvalue weighted by Gasteiger charge is 2.26. The van der Waals surface area contributed by atoms with E-state index in [1.807, 2.05) is 0 Å². The lowest BCUT2D eigenvalue weighted by atomic mass is 10.0. The molecule has 0 aliphatic carbocycles. The Morgan fingerprint density at radius 1 is 0.413 bits per heavy atom. The average molecular weight is 1070 g/mol. The molecule has 2 atom stereocenters. The van der Waals surface area contributed by atoms with E-state index in [0.29, 0.717) is 6.42 Å². The lowest BCUT2D eigenvalue weighted by Crippen LogP contribution is -2.29. The molecule has 0 saturated carbocycles. The molecule has 0 spiro atoms. The lowest BCUT2D eigenvalue weighted by Gasteiger charge is -2.19. The number of allylic oxidation sites excluding steroid dienone is 16. The van der Waals surface area contributed by atoms with E-state index in [2.05, 4.69) is 111 Å². The molecular weight excluding hydrogens is 954 g/mol. The quantitative estimate of drug-likeness (QED) is 0.0264. The maximum Gasteiger partial charge on any atom is 0.472 e. The van der Waals surface area contributed by atoms with Crippen LogP contribution < -0.4 is 5.73 Å². The molecule has 75 heavy (non-hydrogen) atoms. The summed E-state index contributed by atoms with van der Waals surface area (Å²) < 4.78 is 33.0. The molecule has 0 aromatic rings. The summed E-state index contributed by atoms with van der Waals surface area (Å²) in [6.07, 6.45) is 80.4. The van der Waals surface area contributed by atoms with Crippen LogP contribution in [-0.2, 0) is 32.7 Å². The van der Waals surface area contributed by atoms with E-state index in [9.17, 15) is 19.0 Å². The van der Waals surface area contributed by atoms with Crippen molar-refractivity contribution in [3.63, 3.8) is 0 Å². The first-order valence-electron chi connectivity index (χ1n) is 30.7. The van der Waals surface area contributed by atoms with Gasteiger partial charge in [0.05, 0.1) is 13.2 Å². The molecule has 9 nitrogen and oxygen atoms in total. The van der Waals surface area contributed by atoms with Crippen LogP contribution in [0, 0.1) is 0 Å². The average Bonchev–Trinajstić information content (AvgIpc) is 3.40. The van der Waals surface area contributed by atoms with Crippen LogP contribution in [0.3, 0.4) is 0 Å². The fraction of sp³-hybridized carbons (Fsp3) is 0.723. The molecule has 2 unspecified atom stereocenters. The second-order valence-corrected chi connectivity index (χ2v) is 21.6. The van der Waals surface area contributed by atoms with Gasteiger partial charge >= 0.3 is 19.8 Å². The Kier molecular flexibility index (Phi) is 57.7. The number of phosphoric ester groups is 1. The predicted molar refractivity (Wildman–Crippen MR) is 321 cm³/mol. The molecule has 0 aliphatic rings. The Labute approximate surface area is 461 Å². The first-order chi connectivity index (χ1) is 36.8. The Morgan fingerprint density at radius 2 is 0.733 bits per heavy atom. The van der Waals surface area contributed by atoms with Gasteiger partial charge in [-0.05, 0) is 96.3 Å². The van der Waals surface area contributed by atoms with Crippen molar-refractivity contribution in [3.05, 3.63) is 97.2 Å². The number of carbonyl (C=O) groups is 2. The van der Waals surface area contributed by atoms with Crippen molar-refractivity contribution in [3.8, 4) is 0 Å². The molecule has 0 rings (SSSR count). The Balaban J connectivity index is 3.90. The van der Waals surface area contributed by atoms with Gasteiger partial charge in [-0.2, -0.15) is 0 Å². The van der Waals surface area contributed by atoms with Crippen LogP contribution in [0.25, 0.3) is 0 Å². The third-order valence-corrected chi connectivity index (χ3v) is 13.9. The minimum atomic E-state index is -4.39. The molecule has 0 saturated heterocycles. The van der Waals surface area contributed by atoms with Gasteiger partial charge < -0.3 is 20.1 Å². The van der Waals surface area contributed by atoms with Crippen LogP contribution in [0.15, 0.2) is 97.2 Å². The largest absolute Gasteiger partial charge is 0.472 e. The topological polar surface area (TPSA) is 134 Å².